The maximum atomic E-state index is 13.6. The van der Waals surface area contributed by atoms with E-state index in [9.17, 15) is 9.59 Å². The lowest BCUT2D eigenvalue weighted by Gasteiger charge is -2.45. The summed E-state index contributed by atoms with van der Waals surface area (Å²) in [6, 6.07) is 7.13. The largest absolute Gasteiger partial charge is 0.380 e. The van der Waals surface area contributed by atoms with E-state index >= 15 is 0 Å². The first kappa shape index (κ1) is 21.7. The number of imide groups is 1. The summed E-state index contributed by atoms with van der Waals surface area (Å²) in [6.45, 7) is 10.1. The van der Waals surface area contributed by atoms with Crippen LogP contribution < -0.4 is 5.32 Å². The van der Waals surface area contributed by atoms with Gasteiger partial charge in [-0.15, -0.1) is 0 Å². The molecule has 4 unspecified atom stereocenters. The number of fused-ring (bicyclic) bond motifs is 3. The number of carbonyl (C=O) groups excluding carboxylic acids is 2. The molecule has 0 bridgehead atoms. The molecule has 2 fully saturated rings. The number of aryl methyl sites for hydroxylation is 1. The van der Waals surface area contributed by atoms with E-state index in [0.717, 1.165) is 16.8 Å². The SMILES string of the molecule is CCOCCN1N=C(C)C(C)N2C3C(=O)N(Cc4ccc(C)cc4)C(=O)N(C)C3NC12. The fourth-order valence-corrected chi connectivity index (χ4v) is 4.54. The zero-order chi connectivity index (χ0) is 22.3. The monoisotopic (exact) mass is 428 g/mol. The minimum atomic E-state index is -0.479. The molecule has 1 N–H and O–H groups in total. The number of amides is 3. The topological polar surface area (TPSA) is 80.7 Å². The van der Waals surface area contributed by atoms with Crippen molar-refractivity contribution in [2.75, 3.05) is 26.8 Å². The standard InChI is InChI=1S/C22H32N6O3/c1-6-31-12-11-27-21-23-19-18(28(21)16(4)15(3)24-27)20(29)26(22(30)25(19)5)13-17-9-7-14(2)8-10-17/h7-10,16,18-19,21,23H,6,11-13H2,1-5H3. The molecule has 4 rings (SSSR count). The number of hydrogen-bond acceptors (Lipinski definition) is 7. The first-order valence-corrected chi connectivity index (χ1v) is 10.9. The van der Waals surface area contributed by atoms with Gasteiger partial charge in [-0.05, 0) is 33.3 Å². The van der Waals surface area contributed by atoms with Gasteiger partial charge in [0.05, 0.1) is 31.4 Å². The van der Waals surface area contributed by atoms with Crippen molar-refractivity contribution in [2.45, 2.75) is 58.8 Å². The van der Waals surface area contributed by atoms with Crippen molar-refractivity contribution in [3.8, 4) is 0 Å². The van der Waals surface area contributed by atoms with Crippen LogP contribution in [0.5, 0.6) is 0 Å². The third kappa shape index (κ3) is 3.81. The minimum absolute atomic E-state index is 0.0254. The Labute approximate surface area is 183 Å². The van der Waals surface area contributed by atoms with Crippen molar-refractivity contribution in [3.63, 3.8) is 0 Å². The van der Waals surface area contributed by atoms with Crippen LogP contribution in [0.2, 0.25) is 0 Å². The van der Waals surface area contributed by atoms with Crippen LogP contribution in [-0.4, -0.2) is 88.7 Å². The summed E-state index contributed by atoms with van der Waals surface area (Å²) in [4.78, 5) is 31.9. The van der Waals surface area contributed by atoms with E-state index in [1.54, 1.807) is 11.9 Å². The number of likely N-dealkylation sites (N-methyl/N-ethyl adjacent to an activating group) is 1. The molecular weight excluding hydrogens is 396 g/mol. The first-order chi connectivity index (χ1) is 14.8. The molecule has 0 saturated carbocycles. The smallest absolute Gasteiger partial charge is 0.328 e. The Morgan fingerprint density at radius 1 is 1.16 bits per heavy atom. The summed E-state index contributed by atoms with van der Waals surface area (Å²) >= 11 is 0. The number of hydrazone groups is 1. The van der Waals surface area contributed by atoms with Crippen LogP contribution in [0.1, 0.15) is 31.9 Å². The fourth-order valence-electron chi connectivity index (χ4n) is 4.54. The van der Waals surface area contributed by atoms with Gasteiger partial charge in [0.15, 0.2) is 6.29 Å². The van der Waals surface area contributed by atoms with E-state index in [-0.39, 0.29) is 30.8 Å². The second kappa shape index (κ2) is 8.57. The molecule has 0 aromatic heterocycles. The first-order valence-electron chi connectivity index (χ1n) is 10.9. The molecule has 1 aromatic carbocycles. The molecule has 9 heteroatoms. The molecule has 0 spiro atoms. The molecule has 3 aliphatic rings. The summed E-state index contributed by atoms with van der Waals surface area (Å²) in [5.41, 5.74) is 3.01. The lowest BCUT2D eigenvalue weighted by atomic mass is 10.0. The lowest BCUT2D eigenvalue weighted by molar-refractivity contribution is -0.140. The van der Waals surface area contributed by atoms with E-state index < -0.39 is 12.2 Å². The Morgan fingerprint density at radius 3 is 2.55 bits per heavy atom. The van der Waals surface area contributed by atoms with Crippen LogP contribution >= 0.6 is 0 Å². The highest BCUT2D eigenvalue weighted by atomic mass is 16.5. The van der Waals surface area contributed by atoms with Crippen LogP contribution in [0, 0.1) is 6.92 Å². The number of nitrogens with one attached hydrogen (secondary N) is 1. The number of ether oxygens (including phenoxy) is 1. The lowest BCUT2D eigenvalue weighted by Crippen LogP contribution is -2.67. The Balaban J connectivity index is 1.61. The van der Waals surface area contributed by atoms with Gasteiger partial charge in [-0.1, -0.05) is 29.8 Å². The average molecular weight is 429 g/mol. The Hall–Kier alpha value is -2.49. The van der Waals surface area contributed by atoms with Gasteiger partial charge in [-0.3, -0.25) is 20.0 Å². The molecular formula is C22H32N6O3. The number of nitrogens with zero attached hydrogens (tertiary/aromatic N) is 5. The number of hydrogen-bond donors (Lipinski definition) is 1. The maximum absolute atomic E-state index is 13.6. The Bertz CT molecular complexity index is 873. The van der Waals surface area contributed by atoms with Crippen molar-refractivity contribution in [2.24, 2.45) is 5.10 Å². The molecule has 0 radical (unpaired) electrons. The zero-order valence-corrected chi connectivity index (χ0v) is 18.9. The summed E-state index contributed by atoms with van der Waals surface area (Å²) in [6.07, 6.45) is -0.676. The molecule has 9 nitrogen and oxygen atoms in total. The van der Waals surface area contributed by atoms with Crippen LogP contribution in [0.4, 0.5) is 4.79 Å². The van der Waals surface area contributed by atoms with E-state index in [2.05, 4.69) is 17.1 Å². The Kier molecular flexibility index (Phi) is 6.00. The van der Waals surface area contributed by atoms with Crippen LogP contribution in [-0.2, 0) is 16.1 Å². The molecule has 4 atom stereocenters. The molecule has 0 aliphatic carbocycles. The van der Waals surface area contributed by atoms with Gasteiger partial charge in [0.25, 0.3) is 5.91 Å². The second-order valence-corrected chi connectivity index (χ2v) is 8.46. The van der Waals surface area contributed by atoms with Crippen LogP contribution in [0.15, 0.2) is 29.4 Å². The molecule has 2 saturated heterocycles. The summed E-state index contributed by atoms with van der Waals surface area (Å²) < 4.78 is 5.52. The summed E-state index contributed by atoms with van der Waals surface area (Å²) in [7, 11) is 1.75. The molecule has 3 heterocycles. The third-order valence-electron chi connectivity index (χ3n) is 6.44. The predicted molar refractivity (Wildman–Crippen MR) is 117 cm³/mol. The number of benzene rings is 1. The molecule has 1 aromatic rings. The highest BCUT2D eigenvalue weighted by Gasteiger charge is 2.57. The predicted octanol–water partition coefficient (Wildman–Crippen LogP) is 1.39. The number of urea groups is 1. The number of carbonyl (C=O) groups is 2. The van der Waals surface area contributed by atoms with Gasteiger partial charge >= 0.3 is 6.03 Å². The quantitative estimate of drug-likeness (QED) is 0.690. The van der Waals surface area contributed by atoms with Crippen molar-refractivity contribution in [1.82, 2.24) is 25.0 Å². The molecule has 3 aliphatic heterocycles. The second-order valence-electron chi connectivity index (χ2n) is 8.46. The van der Waals surface area contributed by atoms with Crippen LogP contribution in [0.3, 0.4) is 0 Å². The van der Waals surface area contributed by atoms with Gasteiger partial charge in [-0.2, -0.15) is 5.10 Å². The van der Waals surface area contributed by atoms with Gasteiger partial charge < -0.3 is 9.64 Å². The van der Waals surface area contributed by atoms with Crippen LogP contribution in [0.25, 0.3) is 0 Å². The highest BCUT2D eigenvalue weighted by Crippen LogP contribution is 2.33. The van der Waals surface area contributed by atoms with Crippen molar-refractivity contribution >= 4 is 17.6 Å². The summed E-state index contributed by atoms with van der Waals surface area (Å²) in [5.74, 6) is -0.171. The molecule has 168 valence electrons. The van der Waals surface area contributed by atoms with Gasteiger partial charge in [-0.25, -0.2) is 9.69 Å². The zero-order valence-electron chi connectivity index (χ0n) is 18.9. The fraction of sp³-hybridized carbons (Fsp3) is 0.591. The van der Waals surface area contributed by atoms with E-state index in [1.807, 2.05) is 50.0 Å². The van der Waals surface area contributed by atoms with E-state index in [0.29, 0.717) is 19.8 Å². The summed E-state index contributed by atoms with van der Waals surface area (Å²) in [5, 5.41) is 10.1. The molecule has 3 amide bonds. The van der Waals surface area contributed by atoms with Crippen molar-refractivity contribution < 1.29 is 14.3 Å². The Morgan fingerprint density at radius 2 is 1.87 bits per heavy atom. The van der Waals surface area contributed by atoms with E-state index in [4.69, 9.17) is 9.84 Å². The average Bonchev–Trinajstić information content (AvgIpc) is 3.16. The normalized spacial score (nSPS) is 28.7. The van der Waals surface area contributed by atoms with Crippen molar-refractivity contribution in [1.29, 1.82) is 0 Å². The van der Waals surface area contributed by atoms with E-state index in [1.165, 1.54) is 4.90 Å². The maximum Gasteiger partial charge on any atom is 0.328 e. The van der Waals surface area contributed by atoms with Crippen molar-refractivity contribution in [3.05, 3.63) is 35.4 Å². The third-order valence-corrected chi connectivity index (χ3v) is 6.44. The van der Waals surface area contributed by atoms with Gasteiger partial charge in [0.2, 0.25) is 0 Å². The number of rotatable bonds is 6. The highest BCUT2D eigenvalue weighted by molar-refractivity contribution is 6.01. The van der Waals surface area contributed by atoms with Gasteiger partial charge in [0, 0.05) is 13.7 Å². The van der Waals surface area contributed by atoms with Gasteiger partial charge in [0.1, 0.15) is 12.2 Å². The minimum Gasteiger partial charge on any atom is -0.380 e. The molecule has 31 heavy (non-hydrogen) atoms.